The molecule has 0 saturated heterocycles. The zero-order chi connectivity index (χ0) is 8.32. The van der Waals surface area contributed by atoms with E-state index in [0.717, 1.165) is 0 Å². The Labute approximate surface area is 61.1 Å². The number of aromatic nitrogens is 1. The first-order valence-electron chi connectivity index (χ1n) is 2.84. The van der Waals surface area contributed by atoms with E-state index >= 15 is 0 Å². The van der Waals surface area contributed by atoms with Gasteiger partial charge in [-0.3, -0.25) is 5.32 Å². The van der Waals surface area contributed by atoms with Crippen LogP contribution in [-0.2, 0) is 0 Å². The van der Waals surface area contributed by atoms with Crippen molar-refractivity contribution in [2.45, 2.75) is 6.30 Å². The van der Waals surface area contributed by atoms with Crippen molar-refractivity contribution >= 4 is 5.82 Å². The molecule has 0 bridgehead atoms. The number of hydrogen-bond donors (Lipinski definition) is 1. The molecule has 0 fully saturated rings. The van der Waals surface area contributed by atoms with E-state index in [1.807, 2.05) is 0 Å². The SMILES string of the molecule is FC(F)(F)Nc1ccccn1. The molecule has 0 aromatic carbocycles. The van der Waals surface area contributed by atoms with E-state index in [2.05, 4.69) is 4.98 Å². The number of alkyl halides is 3. The number of rotatable bonds is 1. The molecule has 0 saturated carbocycles. The standard InChI is InChI=1S/C6H5F3N2/c7-6(8,9)11-5-3-1-2-4-10-5/h1-4H,(H,10,11). The predicted octanol–water partition coefficient (Wildman–Crippen LogP) is 2.01. The number of halogens is 3. The summed E-state index contributed by atoms with van der Waals surface area (Å²) in [6.07, 6.45) is -3.12. The van der Waals surface area contributed by atoms with Crippen molar-refractivity contribution in [3.05, 3.63) is 24.4 Å². The summed E-state index contributed by atoms with van der Waals surface area (Å²) in [5.74, 6) is -0.194. The molecule has 11 heavy (non-hydrogen) atoms. The van der Waals surface area contributed by atoms with Crippen molar-refractivity contribution in [1.82, 2.24) is 4.98 Å². The topological polar surface area (TPSA) is 24.9 Å². The molecule has 2 nitrogen and oxygen atoms in total. The quantitative estimate of drug-likeness (QED) is 0.639. The van der Waals surface area contributed by atoms with Crippen LogP contribution in [0.5, 0.6) is 0 Å². The normalized spacial score (nSPS) is 11.2. The Kier molecular flexibility index (Phi) is 1.98. The highest BCUT2D eigenvalue weighted by Crippen LogP contribution is 2.16. The first-order valence-corrected chi connectivity index (χ1v) is 2.84. The van der Waals surface area contributed by atoms with Gasteiger partial charge in [0.05, 0.1) is 0 Å². The lowest BCUT2D eigenvalue weighted by atomic mass is 10.5. The Hall–Kier alpha value is -1.26. The maximum atomic E-state index is 11.6. The van der Waals surface area contributed by atoms with Gasteiger partial charge in [0.2, 0.25) is 0 Å². The average Bonchev–Trinajstić information content (AvgIpc) is 1.85. The van der Waals surface area contributed by atoms with E-state index in [4.69, 9.17) is 0 Å². The van der Waals surface area contributed by atoms with E-state index in [1.54, 1.807) is 6.07 Å². The van der Waals surface area contributed by atoms with Crippen LogP contribution in [0.2, 0.25) is 0 Å². The van der Waals surface area contributed by atoms with Crippen LogP contribution in [0.3, 0.4) is 0 Å². The number of nitrogens with zero attached hydrogens (tertiary/aromatic N) is 1. The van der Waals surface area contributed by atoms with Crippen LogP contribution in [0.15, 0.2) is 24.4 Å². The van der Waals surface area contributed by atoms with Crippen molar-refractivity contribution in [2.75, 3.05) is 5.32 Å². The van der Waals surface area contributed by atoms with Gasteiger partial charge in [-0.15, -0.1) is 0 Å². The summed E-state index contributed by atoms with van der Waals surface area (Å²) in [5.41, 5.74) is 0. The molecule has 1 rings (SSSR count). The third kappa shape index (κ3) is 2.88. The van der Waals surface area contributed by atoms with Gasteiger partial charge in [0.1, 0.15) is 5.82 Å². The summed E-state index contributed by atoms with van der Waals surface area (Å²) in [6, 6.07) is 4.26. The molecule has 5 heteroatoms. The Bertz CT molecular complexity index is 219. The zero-order valence-electron chi connectivity index (χ0n) is 5.39. The first kappa shape index (κ1) is 7.84. The molecule has 1 N–H and O–H groups in total. The van der Waals surface area contributed by atoms with Gasteiger partial charge >= 0.3 is 6.30 Å². The molecule has 0 spiro atoms. The van der Waals surface area contributed by atoms with E-state index in [1.165, 1.54) is 23.6 Å². The summed E-state index contributed by atoms with van der Waals surface area (Å²) in [5, 5.41) is 1.27. The van der Waals surface area contributed by atoms with Crippen molar-refractivity contribution in [1.29, 1.82) is 0 Å². The van der Waals surface area contributed by atoms with Crippen LogP contribution in [0.4, 0.5) is 19.0 Å². The van der Waals surface area contributed by atoms with Crippen molar-refractivity contribution in [3.63, 3.8) is 0 Å². The Morgan fingerprint density at radius 3 is 2.45 bits per heavy atom. The lowest BCUT2D eigenvalue weighted by Crippen LogP contribution is -2.21. The van der Waals surface area contributed by atoms with Crippen molar-refractivity contribution in [2.24, 2.45) is 0 Å². The van der Waals surface area contributed by atoms with Crippen LogP contribution in [0.25, 0.3) is 0 Å². The average molecular weight is 162 g/mol. The highest BCUT2D eigenvalue weighted by molar-refractivity contribution is 5.33. The summed E-state index contributed by atoms with van der Waals surface area (Å²) in [6.45, 7) is 0. The van der Waals surface area contributed by atoms with Crippen molar-refractivity contribution in [3.8, 4) is 0 Å². The summed E-state index contributed by atoms with van der Waals surface area (Å²) < 4.78 is 34.8. The number of nitrogens with one attached hydrogen (secondary N) is 1. The molecule has 60 valence electrons. The van der Waals surface area contributed by atoms with Gasteiger partial charge in [-0.05, 0) is 12.1 Å². The van der Waals surface area contributed by atoms with Gasteiger partial charge in [0, 0.05) is 6.20 Å². The minimum atomic E-state index is -4.41. The molecular formula is C6H5F3N2. The van der Waals surface area contributed by atoms with E-state index < -0.39 is 6.30 Å². The van der Waals surface area contributed by atoms with Crippen molar-refractivity contribution < 1.29 is 13.2 Å². The monoisotopic (exact) mass is 162 g/mol. The molecule has 0 aliphatic heterocycles. The number of pyridine rings is 1. The second-order valence-electron chi connectivity index (χ2n) is 1.84. The lowest BCUT2D eigenvalue weighted by Gasteiger charge is -2.07. The van der Waals surface area contributed by atoms with Crippen LogP contribution < -0.4 is 5.32 Å². The van der Waals surface area contributed by atoms with Crippen LogP contribution in [-0.4, -0.2) is 11.3 Å². The smallest absolute Gasteiger partial charge is 0.282 e. The molecule has 1 heterocycles. The fourth-order valence-corrected chi connectivity index (χ4v) is 0.582. The highest BCUT2D eigenvalue weighted by Gasteiger charge is 2.27. The minimum Gasteiger partial charge on any atom is -0.282 e. The Balaban J connectivity index is 2.66. The van der Waals surface area contributed by atoms with E-state index in [9.17, 15) is 13.2 Å². The molecular weight excluding hydrogens is 157 g/mol. The second kappa shape index (κ2) is 2.77. The lowest BCUT2D eigenvalue weighted by molar-refractivity contribution is -0.100. The van der Waals surface area contributed by atoms with Crippen LogP contribution >= 0.6 is 0 Å². The van der Waals surface area contributed by atoms with Crippen LogP contribution in [0.1, 0.15) is 0 Å². The Morgan fingerprint density at radius 1 is 1.27 bits per heavy atom. The molecule has 0 amide bonds. The van der Waals surface area contributed by atoms with Gasteiger partial charge in [0.15, 0.2) is 0 Å². The molecule has 0 unspecified atom stereocenters. The number of anilines is 1. The Morgan fingerprint density at radius 2 is 2.00 bits per heavy atom. The second-order valence-corrected chi connectivity index (χ2v) is 1.84. The van der Waals surface area contributed by atoms with Crippen LogP contribution in [0, 0.1) is 0 Å². The first-order chi connectivity index (χ1) is 5.08. The summed E-state index contributed by atoms with van der Waals surface area (Å²) >= 11 is 0. The van der Waals surface area contributed by atoms with Gasteiger partial charge in [-0.1, -0.05) is 6.07 Å². The third-order valence-electron chi connectivity index (χ3n) is 0.935. The highest BCUT2D eigenvalue weighted by atomic mass is 19.4. The molecule has 1 aromatic rings. The minimum absolute atomic E-state index is 0.194. The largest absolute Gasteiger partial charge is 0.483 e. The maximum Gasteiger partial charge on any atom is 0.483 e. The maximum absolute atomic E-state index is 11.6. The van der Waals surface area contributed by atoms with E-state index in [-0.39, 0.29) is 5.82 Å². The fourth-order valence-electron chi connectivity index (χ4n) is 0.582. The summed E-state index contributed by atoms with van der Waals surface area (Å²) in [7, 11) is 0. The fraction of sp³-hybridized carbons (Fsp3) is 0.167. The van der Waals surface area contributed by atoms with Gasteiger partial charge in [0.25, 0.3) is 0 Å². The van der Waals surface area contributed by atoms with Gasteiger partial charge < -0.3 is 0 Å². The predicted molar refractivity (Wildman–Crippen MR) is 33.9 cm³/mol. The summed E-state index contributed by atoms with van der Waals surface area (Å²) in [4.78, 5) is 3.43. The molecule has 0 aliphatic rings. The molecule has 1 aromatic heterocycles. The number of hydrogen-bond acceptors (Lipinski definition) is 2. The molecule has 0 radical (unpaired) electrons. The third-order valence-corrected chi connectivity index (χ3v) is 0.935. The van der Waals surface area contributed by atoms with E-state index in [0.29, 0.717) is 0 Å². The molecule has 0 atom stereocenters. The zero-order valence-corrected chi connectivity index (χ0v) is 5.39. The van der Waals surface area contributed by atoms with Gasteiger partial charge in [-0.2, -0.15) is 13.2 Å². The van der Waals surface area contributed by atoms with Gasteiger partial charge in [-0.25, -0.2) is 4.98 Å². The molecule has 0 aliphatic carbocycles.